The summed E-state index contributed by atoms with van der Waals surface area (Å²) >= 11 is 0. The van der Waals surface area contributed by atoms with E-state index in [2.05, 4.69) is 18.5 Å². The molecule has 0 spiro atoms. The average molecular weight is 216 g/mol. The van der Waals surface area contributed by atoms with Crippen molar-refractivity contribution >= 4 is 5.71 Å². The van der Waals surface area contributed by atoms with Gasteiger partial charge in [0.25, 0.3) is 0 Å². The minimum Gasteiger partial charge on any atom is -0.440 e. The fraction of sp³-hybridized carbons (Fsp3) is 0.154. The molecule has 0 bridgehead atoms. The van der Waals surface area contributed by atoms with Gasteiger partial charge in [-0.25, -0.2) is 0 Å². The smallest absolute Gasteiger partial charge is 0.186 e. The highest BCUT2D eigenvalue weighted by molar-refractivity contribution is 6.08. The molecule has 1 rings (SSSR count). The maximum Gasteiger partial charge on any atom is 0.186 e. The van der Waals surface area contributed by atoms with E-state index in [4.69, 9.17) is 10.1 Å². The highest BCUT2D eigenvalue weighted by Crippen LogP contribution is 2.09. The monoisotopic (exact) mass is 216 g/mol. The van der Waals surface area contributed by atoms with Crippen molar-refractivity contribution in [2.24, 2.45) is 0 Å². The number of ether oxygens (including phenoxy) is 1. The van der Waals surface area contributed by atoms with Crippen molar-refractivity contribution in [2.75, 3.05) is 6.54 Å². The second-order valence-electron chi connectivity index (χ2n) is 3.22. The number of allylic oxidation sites excluding steroid dienone is 1. The Hall–Kier alpha value is -2.03. The summed E-state index contributed by atoms with van der Waals surface area (Å²) in [6.45, 7) is 10.0. The topological polar surface area (TPSA) is 45.1 Å². The first-order valence-corrected chi connectivity index (χ1v) is 5.09. The standard InChI is InChI=1S/C13H16N2O/c1-4-15-11(3)16-10(2)13(14)12-8-6-5-7-9-12/h5-9,14-15H,2-4H2,1H3. The van der Waals surface area contributed by atoms with Gasteiger partial charge < -0.3 is 10.1 Å². The minimum absolute atomic E-state index is 0.264. The van der Waals surface area contributed by atoms with Gasteiger partial charge in [-0.05, 0) is 13.5 Å². The maximum atomic E-state index is 7.87. The minimum atomic E-state index is 0.264. The lowest BCUT2D eigenvalue weighted by atomic mass is 10.1. The van der Waals surface area contributed by atoms with Crippen molar-refractivity contribution in [3.8, 4) is 0 Å². The first-order chi connectivity index (χ1) is 7.65. The molecule has 1 aromatic rings. The summed E-state index contributed by atoms with van der Waals surface area (Å²) in [7, 11) is 0. The van der Waals surface area contributed by atoms with E-state index in [1.807, 2.05) is 37.3 Å². The maximum absolute atomic E-state index is 7.87. The number of benzene rings is 1. The van der Waals surface area contributed by atoms with Crippen molar-refractivity contribution in [3.63, 3.8) is 0 Å². The molecule has 0 atom stereocenters. The molecular weight excluding hydrogens is 200 g/mol. The fourth-order valence-corrected chi connectivity index (χ4v) is 1.20. The SMILES string of the molecule is C=C(NCC)OC(=C)C(=N)c1ccccc1. The molecule has 1 aromatic carbocycles. The molecule has 0 fully saturated rings. The Labute approximate surface area is 96.0 Å². The highest BCUT2D eigenvalue weighted by Gasteiger charge is 2.07. The lowest BCUT2D eigenvalue weighted by Gasteiger charge is -2.12. The van der Waals surface area contributed by atoms with E-state index >= 15 is 0 Å². The predicted octanol–water partition coefficient (Wildman–Crippen LogP) is 2.67. The molecule has 0 aliphatic carbocycles. The third-order valence-electron chi connectivity index (χ3n) is 1.96. The van der Waals surface area contributed by atoms with E-state index in [0.29, 0.717) is 5.88 Å². The van der Waals surface area contributed by atoms with Crippen molar-refractivity contribution < 1.29 is 4.74 Å². The Morgan fingerprint density at radius 2 is 1.94 bits per heavy atom. The van der Waals surface area contributed by atoms with Crippen LogP contribution in [0.4, 0.5) is 0 Å². The lowest BCUT2D eigenvalue weighted by molar-refractivity contribution is 0.300. The van der Waals surface area contributed by atoms with Crippen LogP contribution in [0.2, 0.25) is 0 Å². The van der Waals surface area contributed by atoms with Crippen LogP contribution >= 0.6 is 0 Å². The van der Waals surface area contributed by atoms with Gasteiger partial charge in [0, 0.05) is 12.1 Å². The summed E-state index contributed by atoms with van der Waals surface area (Å²) in [5, 5.41) is 10.8. The molecule has 0 heterocycles. The molecule has 84 valence electrons. The number of nitrogens with one attached hydrogen (secondary N) is 2. The third kappa shape index (κ3) is 3.28. The summed E-state index contributed by atoms with van der Waals surface area (Å²) in [6, 6.07) is 9.32. The van der Waals surface area contributed by atoms with Crippen molar-refractivity contribution in [1.29, 1.82) is 5.41 Å². The fourth-order valence-electron chi connectivity index (χ4n) is 1.20. The predicted molar refractivity (Wildman–Crippen MR) is 66.3 cm³/mol. The van der Waals surface area contributed by atoms with Gasteiger partial charge in [0.2, 0.25) is 0 Å². The van der Waals surface area contributed by atoms with Gasteiger partial charge in [-0.2, -0.15) is 0 Å². The Bertz CT molecular complexity index is 396. The van der Waals surface area contributed by atoms with Crippen LogP contribution in [0.5, 0.6) is 0 Å². The van der Waals surface area contributed by atoms with Crippen LogP contribution in [0.1, 0.15) is 12.5 Å². The van der Waals surface area contributed by atoms with Crippen LogP contribution in [-0.4, -0.2) is 12.3 Å². The van der Waals surface area contributed by atoms with Crippen molar-refractivity contribution in [1.82, 2.24) is 5.32 Å². The molecular formula is C13H16N2O. The van der Waals surface area contributed by atoms with Crippen LogP contribution in [0.25, 0.3) is 0 Å². The van der Waals surface area contributed by atoms with Crippen molar-refractivity contribution in [3.05, 3.63) is 60.7 Å². The van der Waals surface area contributed by atoms with E-state index in [1.165, 1.54) is 0 Å². The Morgan fingerprint density at radius 3 is 2.50 bits per heavy atom. The molecule has 0 aromatic heterocycles. The summed E-state index contributed by atoms with van der Waals surface area (Å²) in [4.78, 5) is 0. The second kappa shape index (κ2) is 5.75. The van der Waals surface area contributed by atoms with Gasteiger partial charge in [-0.1, -0.05) is 36.9 Å². The summed E-state index contributed by atoms with van der Waals surface area (Å²) in [5.41, 5.74) is 1.04. The van der Waals surface area contributed by atoms with E-state index in [-0.39, 0.29) is 11.5 Å². The van der Waals surface area contributed by atoms with Gasteiger partial charge in [0.05, 0.1) is 0 Å². The Balaban J connectivity index is 2.62. The quantitative estimate of drug-likeness (QED) is 0.567. The van der Waals surface area contributed by atoms with Gasteiger partial charge in [-0.3, -0.25) is 5.41 Å². The normalized spacial score (nSPS) is 9.31. The summed E-state index contributed by atoms with van der Waals surface area (Å²) in [6.07, 6.45) is 0. The van der Waals surface area contributed by atoms with Gasteiger partial charge in [0.15, 0.2) is 5.88 Å². The van der Waals surface area contributed by atoms with Crippen LogP contribution in [-0.2, 0) is 4.74 Å². The molecule has 0 aliphatic heterocycles. The van der Waals surface area contributed by atoms with E-state index < -0.39 is 0 Å². The Morgan fingerprint density at radius 1 is 1.31 bits per heavy atom. The van der Waals surface area contributed by atoms with Gasteiger partial charge >= 0.3 is 0 Å². The zero-order valence-electron chi connectivity index (χ0n) is 9.42. The molecule has 2 N–H and O–H groups in total. The molecule has 16 heavy (non-hydrogen) atoms. The molecule has 3 nitrogen and oxygen atoms in total. The first-order valence-electron chi connectivity index (χ1n) is 5.09. The first kappa shape index (κ1) is 12.0. The highest BCUT2D eigenvalue weighted by atomic mass is 16.5. The van der Waals surface area contributed by atoms with E-state index in [0.717, 1.165) is 12.1 Å². The van der Waals surface area contributed by atoms with Crippen LogP contribution in [0.15, 0.2) is 55.1 Å². The molecule has 0 saturated carbocycles. The van der Waals surface area contributed by atoms with E-state index in [1.54, 1.807) is 0 Å². The molecule has 0 saturated heterocycles. The van der Waals surface area contributed by atoms with Gasteiger partial charge in [-0.15, -0.1) is 0 Å². The van der Waals surface area contributed by atoms with Crippen LogP contribution < -0.4 is 5.32 Å². The van der Waals surface area contributed by atoms with Crippen molar-refractivity contribution in [2.45, 2.75) is 6.92 Å². The molecule has 0 radical (unpaired) electrons. The van der Waals surface area contributed by atoms with E-state index in [9.17, 15) is 0 Å². The number of rotatable bonds is 6. The molecule has 0 amide bonds. The largest absolute Gasteiger partial charge is 0.440 e. The number of hydrogen-bond donors (Lipinski definition) is 2. The Kier molecular flexibility index (Phi) is 4.33. The van der Waals surface area contributed by atoms with Crippen LogP contribution in [0, 0.1) is 5.41 Å². The zero-order chi connectivity index (χ0) is 12.0. The second-order valence-corrected chi connectivity index (χ2v) is 3.22. The molecule has 0 aliphatic rings. The molecule has 0 unspecified atom stereocenters. The summed E-state index contributed by atoms with van der Waals surface area (Å²) < 4.78 is 5.28. The lowest BCUT2D eigenvalue weighted by Crippen LogP contribution is -2.16. The third-order valence-corrected chi connectivity index (χ3v) is 1.96. The van der Waals surface area contributed by atoms with Gasteiger partial charge in [0.1, 0.15) is 11.5 Å². The zero-order valence-corrected chi connectivity index (χ0v) is 9.42. The van der Waals surface area contributed by atoms with Crippen LogP contribution in [0.3, 0.4) is 0 Å². The summed E-state index contributed by atoms with van der Waals surface area (Å²) in [5.74, 6) is 0.699. The average Bonchev–Trinajstić information content (AvgIpc) is 2.29. The molecule has 3 heteroatoms. The number of hydrogen-bond acceptors (Lipinski definition) is 3.